The van der Waals surface area contributed by atoms with Gasteiger partial charge in [0, 0.05) is 51.4 Å². The minimum absolute atomic E-state index is 0.0419. The van der Waals surface area contributed by atoms with Gasteiger partial charge >= 0.3 is 0 Å². The molecule has 1 atom stereocenters. The highest BCUT2D eigenvalue weighted by atomic mass is 19.1. The average Bonchev–Trinajstić information content (AvgIpc) is 3.48. The number of benzene rings is 1. The summed E-state index contributed by atoms with van der Waals surface area (Å²) in [6, 6.07) is 4.68. The van der Waals surface area contributed by atoms with E-state index in [0.29, 0.717) is 34.7 Å². The van der Waals surface area contributed by atoms with Gasteiger partial charge in [-0.3, -0.25) is 4.79 Å². The number of ether oxygens (including phenoxy) is 2. The van der Waals surface area contributed by atoms with Crippen molar-refractivity contribution in [3.05, 3.63) is 42.1 Å². The molecule has 2 aliphatic heterocycles. The minimum Gasteiger partial charge on any atom is -0.451 e. The van der Waals surface area contributed by atoms with E-state index in [-0.39, 0.29) is 23.6 Å². The molecule has 1 aliphatic carbocycles. The lowest BCUT2D eigenvalue weighted by Crippen LogP contribution is -2.46. The van der Waals surface area contributed by atoms with Crippen molar-refractivity contribution < 1.29 is 18.7 Å². The Labute approximate surface area is 268 Å². The van der Waals surface area contributed by atoms with Crippen LogP contribution in [0.5, 0.6) is 11.5 Å². The van der Waals surface area contributed by atoms with E-state index < -0.39 is 5.82 Å². The summed E-state index contributed by atoms with van der Waals surface area (Å²) in [7, 11) is 1.76. The molecule has 5 rings (SSSR count). The molecule has 1 spiro atoms. The molecule has 1 N–H and O–H groups in total. The highest BCUT2D eigenvalue weighted by Crippen LogP contribution is 2.45. The van der Waals surface area contributed by atoms with E-state index in [2.05, 4.69) is 25.1 Å². The monoisotopic (exact) mass is 624 g/mol. The zero-order valence-electron chi connectivity index (χ0n) is 27.9. The third kappa shape index (κ3) is 8.32. The smallest absolute Gasteiger partial charge is 0.258 e. The highest BCUT2D eigenvalue weighted by Gasteiger charge is 2.39. The summed E-state index contributed by atoms with van der Waals surface area (Å²) in [4.78, 5) is 29.1. The van der Waals surface area contributed by atoms with Crippen molar-refractivity contribution in [3.8, 4) is 11.5 Å². The molecule has 1 saturated carbocycles. The lowest BCUT2D eigenvalue weighted by atomic mass is 9.67. The Bertz CT molecular complexity index is 1250. The molecule has 3 aliphatic rings. The predicted octanol–water partition coefficient (Wildman–Crippen LogP) is 5.75. The maximum absolute atomic E-state index is 14.4. The average molecular weight is 625 g/mol. The van der Waals surface area contributed by atoms with Crippen molar-refractivity contribution >= 4 is 11.7 Å². The van der Waals surface area contributed by atoms with Crippen molar-refractivity contribution in [2.24, 2.45) is 11.3 Å². The molecular weight excluding hydrogens is 571 g/mol. The van der Waals surface area contributed by atoms with E-state index in [1.54, 1.807) is 18.2 Å². The number of nitrogens with zero attached hydrogens (tertiary/aromatic N) is 5. The molecule has 9 nitrogen and oxygen atoms in total. The Kier molecular flexibility index (Phi) is 11.3. The topological polar surface area (TPSA) is 83.1 Å². The summed E-state index contributed by atoms with van der Waals surface area (Å²) in [5, 5.41) is 3.67. The van der Waals surface area contributed by atoms with Crippen LogP contribution in [-0.4, -0.2) is 96.8 Å². The van der Waals surface area contributed by atoms with Gasteiger partial charge in [0.1, 0.15) is 17.9 Å². The molecule has 2 saturated heterocycles. The number of piperidine rings is 1. The van der Waals surface area contributed by atoms with Crippen molar-refractivity contribution in [2.45, 2.75) is 90.8 Å². The first kappa shape index (κ1) is 33.5. The molecule has 2 aromatic rings. The summed E-state index contributed by atoms with van der Waals surface area (Å²) in [6.45, 7) is 14.8. The molecule has 1 amide bonds. The van der Waals surface area contributed by atoms with Crippen LogP contribution in [0.3, 0.4) is 0 Å². The van der Waals surface area contributed by atoms with Gasteiger partial charge in [-0.2, -0.15) is 0 Å². The van der Waals surface area contributed by atoms with Gasteiger partial charge in [0.15, 0.2) is 11.6 Å². The second kappa shape index (κ2) is 15.2. The molecule has 0 unspecified atom stereocenters. The number of hydrogen-bond donors (Lipinski definition) is 1. The molecule has 45 heavy (non-hydrogen) atoms. The van der Waals surface area contributed by atoms with Crippen LogP contribution in [0.4, 0.5) is 10.2 Å². The first-order chi connectivity index (χ1) is 21.7. The molecule has 3 heterocycles. The summed E-state index contributed by atoms with van der Waals surface area (Å²) >= 11 is 0. The van der Waals surface area contributed by atoms with Crippen LogP contribution in [0.25, 0.3) is 0 Å². The first-order valence-electron chi connectivity index (χ1n) is 17.0. The largest absolute Gasteiger partial charge is 0.451 e. The van der Waals surface area contributed by atoms with Gasteiger partial charge in [-0.1, -0.05) is 0 Å². The van der Waals surface area contributed by atoms with Crippen LogP contribution in [0.1, 0.15) is 83.0 Å². The van der Waals surface area contributed by atoms with Gasteiger partial charge in [-0.25, -0.2) is 14.4 Å². The second-order valence-corrected chi connectivity index (χ2v) is 14.0. The lowest BCUT2D eigenvalue weighted by Gasteiger charge is -2.46. The summed E-state index contributed by atoms with van der Waals surface area (Å²) in [5.74, 6) is 1.32. The van der Waals surface area contributed by atoms with Gasteiger partial charge in [0.2, 0.25) is 0 Å². The fraction of sp³-hybridized carbons (Fsp3) is 0.686. The van der Waals surface area contributed by atoms with E-state index in [4.69, 9.17) is 9.47 Å². The molecule has 0 radical (unpaired) electrons. The SMILES string of the molecule is COCCNC1CCC2(CC1)CCN(C[C@@H]1CCN(c3ncncc3Oc3ccc(F)cc3C(=O)N(C(C)C)C(C)C)C1)CC2. The number of aromatic nitrogens is 2. The molecule has 10 heteroatoms. The van der Waals surface area contributed by atoms with Crippen LogP contribution in [0, 0.1) is 17.2 Å². The Morgan fingerprint density at radius 1 is 1.07 bits per heavy atom. The zero-order valence-corrected chi connectivity index (χ0v) is 27.9. The van der Waals surface area contributed by atoms with E-state index in [0.717, 1.165) is 39.2 Å². The van der Waals surface area contributed by atoms with Gasteiger partial charge in [-0.05, 0) is 115 Å². The molecule has 0 bridgehead atoms. The summed E-state index contributed by atoms with van der Waals surface area (Å²) < 4.78 is 25.9. The fourth-order valence-electron chi connectivity index (χ4n) is 7.75. The van der Waals surface area contributed by atoms with E-state index in [1.807, 2.05) is 27.7 Å². The number of carbonyl (C=O) groups excluding carboxylic acids is 1. The standard InChI is InChI=1S/C35H53FN6O3/c1-25(2)42(26(3)4)34(43)30-20-28(36)6-7-31(30)45-32-21-37-24-39-33(32)41-16-10-27(23-41)22-40-17-13-35(14-18-40)11-8-29(9-12-35)38-15-19-44-5/h6-7,20-21,24-27,29,38H,8-19,22-23H2,1-5H3/t27-/m0/s1. The number of rotatable bonds is 12. The van der Waals surface area contributed by atoms with E-state index in [1.165, 1.54) is 76.1 Å². The van der Waals surface area contributed by atoms with E-state index in [9.17, 15) is 9.18 Å². The normalized spacial score (nSPS) is 20.8. The highest BCUT2D eigenvalue weighted by molar-refractivity contribution is 5.97. The lowest BCUT2D eigenvalue weighted by molar-refractivity contribution is 0.0518. The van der Waals surface area contributed by atoms with Crippen LogP contribution in [-0.2, 0) is 4.74 Å². The van der Waals surface area contributed by atoms with Gasteiger partial charge < -0.3 is 29.5 Å². The van der Waals surface area contributed by atoms with Gasteiger partial charge in [0.05, 0.1) is 18.4 Å². The molecule has 1 aromatic heterocycles. The Balaban J connectivity index is 1.17. The van der Waals surface area contributed by atoms with E-state index >= 15 is 0 Å². The first-order valence-corrected chi connectivity index (χ1v) is 17.0. The Morgan fingerprint density at radius 2 is 1.80 bits per heavy atom. The number of nitrogens with one attached hydrogen (secondary N) is 1. The second-order valence-electron chi connectivity index (χ2n) is 14.0. The van der Waals surface area contributed by atoms with Gasteiger partial charge in [0.25, 0.3) is 5.91 Å². The maximum atomic E-state index is 14.4. The Hall–Kier alpha value is -2.82. The maximum Gasteiger partial charge on any atom is 0.258 e. The number of carbonyl (C=O) groups is 1. The third-order valence-electron chi connectivity index (χ3n) is 10.2. The number of amides is 1. The summed E-state index contributed by atoms with van der Waals surface area (Å²) in [5.41, 5.74) is 0.734. The number of methoxy groups -OCH3 is 1. The number of anilines is 1. The number of halogens is 1. The molecule has 3 fully saturated rings. The van der Waals surface area contributed by atoms with Crippen LogP contribution in [0.15, 0.2) is 30.7 Å². The fourth-order valence-corrected chi connectivity index (χ4v) is 7.75. The minimum atomic E-state index is -0.476. The zero-order chi connectivity index (χ0) is 32.0. The molecular formula is C35H53FN6O3. The third-order valence-corrected chi connectivity index (χ3v) is 10.2. The number of likely N-dealkylation sites (tertiary alicyclic amines) is 1. The molecule has 248 valence electrons. The summed E-state index contributed by atoms with van der Waals surface area (Å²) in [6.07, 6.45) is 12.1. The van der Waals surface area contributed by atoms with Gasteiger partial charge in [-0.15, -0.1) is 0 Å². The predicted molar refractivity (Wildman–Crippen MR) is 176 cm³/mol. The van der Waals surface area contributed by atoms with Crippen LogP contribution in [0.2, 0.25) is 0 Å². The van der Waals surface area contributed by atoms with Crippen LogP contribution >= 0.6 is 0 Å². The number of hydrogen-bond acceptors (Lipinski definition) is 8. The van der Waals surface area contributed by atoms with Crippen molar-refractivity contribution in [1.82, 2.24) is 25.1 Å². The van der Waals surface area contributed by atoms with Crippen molar-refractivity contribution in [2.75, 3.05) is 57.9 Å². The van der Waals surface area contributed by atoms with Crippen molar-refractivity contribution in [1.29, 1.82) is 0 Å². The quantitative estimate of drug-likeness (QED) is 0.299. The Morgan fingerprint density at radius 3 is 2.49 bits per heavy atom. The van der Waals surface area contributed by atoms with Crippen molar-refractivity contribution in [3.63, 3.8) is 0 Å². The van der Waals surface area contributed by atoms with Crippen LogP contribution < -0.4 is 15.0 Å². The molecule has 1 aromatic carbocycles.